The molecule has 0 saturated heterocycles. The van der Waals surface area contributed by atoms with Crippen LogP contribution in [0.2, 0.25) is 0 Å². The molecule has 0 fully saturated rings. The lowest BCUT2D eigenvalue weighted by atomic mass is 10.2. The van der Waals surface area contributed by atoms with Gasteiger partial charge >= 0.3 is 0 Å². The van der Waals surface area contributed by atoms with Crippen LogP contribution in [-0.2, 0) is 0 Å². The maximum atomic E-state index is 4.24. The summed E-state index contributed by atoms with van der Waals surface area (Å²) >= 11 is 0. The maximum Gasteiger partial charge on any atom is 0.113 e. The van der Waals surface area contributed by atoms with Crippen LogP contribution in [0.4, 0.5) is 5.69 Å². The quantitative estimate of drug-likeness (QED) is 0.746. The summed E-state index contributed by atoms with van der Waals surface area (Å²) in [5.74, 6) is 0. The molecule has 0 radical (unpaired) electrons. The van der Waals surface area contributed by atoms with Gasteiger partial charge in [-0.05, 0) is 36.8 Å². The highest BCUT2D eigenvalue weighted by Crippen LogP contribution is 2.24. The fraction of sp³-hybridized carbons (Fsp3) is 0.143. The molecule has 0 atom stereocenters. The molecule has 2 aromatic carbocycles. The molecule has 4 heteroatoms. The first-order valence-corrected chi connectivity index (χ1v) is 5.89. The first-order valence-electron chi connectivity index (χ1n) is 5.89. The van der Waals surface area contributed by atoms with Gasteiger partial charge < -0.3 is 5.32 Å². The predicted molar refractivity (Wildman–Crippen MR) is 73.1 cm³/mol. The molecule has 0 aliphatic carbocycles. The highest BCUT2D eigenvalue weighted by atomic mass is 15.4. The van der Waals surface area contributed by atoms with Gasteiger partial charge in [0.1, 0.15) is 5.52 Å². The van der Waals surface area contributed by atoms with Crippen LogP contribution in [-0.4, -0.2) is 22.0 Å². The van der Waals surface area contributed by atoms with Gasteiger partial charge in [0.2, 0.25) is 0 Å². The molecule has 18 heavy (non-hydrogen) atoms. The fourth-order valence-electron chi connectivity index (χ4n) is 2.08. The largest absolute Gasteiger partial charge is 0.386 e. The van der Waals surface area contributed by atoms with Gasteiger partial charge in [-0.2, -0.15) is 0 Å². The van der Waals surface area contributed by atoms with Gasteiger partial charge in [0, 0.05) is 7.05 Å². The molecule has 1 aromatic heterocycles. The molecule has 1 N–H and O–H groups in total. The third kappa shape index (κ3) is 1.62. The van der Waals surface area contributed by atoms with Crippen molar-refractivity contribution in [2.75, 3.05) is 12.4 Å². The van der Waals surface area contributed by atoms with Gasteiger partial charge in [0.25, 0.3) is 0 Å². The third-order valence-electron chi connectivity index (χ3n) is 3.00. The number of rotatable bonds is 2. The van der Waals surface area contributed by atoms with Crippen molar-refractivity contribution in [3.8, 4) is 5.69 Å². The van der Waals surface area contributed by atoms with E-state index < -0.39 is 0 Å². The van der Waals surface area contributed by atoms with E-state index in [0.717, 1.165) is 22.4 Å². The van der Waals surface area contributed by atoms with E-state index in [4.69, 9.17) is 0 Å². The average molecular weight is 238 g/mol. The minimum Gasteiger partial charge on any atom is -0.386 e. The molecule has 4 nitrogen and oxygen atoms in total. The Kier molecular flexibility index (Phi) is 2.48. The highest BCUT2D eigenvalue weighted by molar-refractivity contribution is 5.78. The van der Waals surface area contributed by atoms with Crippen molar-refractivity contribution in [3.05, 3.63) is 48.0 Å². The first kappa shape index (κ1) is 10.8. The summed E-state index contributed by atoms with van der Waals surface area (Å²) in [7, 11) is 1.91. The number of hydrogen-bond acceptors (Lipinski definition) is 3. The molecular formula is C14H14N4. The van der Waals surface area contributed by atoms with Crippen LogP contribution in [0.3, 0.4) is 0 Å². The van der Waals surface area contributed by atoms with E-state index in [0.29, 0.717) is 0 Å². The lowest BCUT2D eigenvalue weighted by Gasteiger charge is -2.10. The van der Waals surface area contributed by atoms with Crippen LogP contribution in [0.15, 0.2) is 42.5 Å². The number of para-hydroxylation sites is 1. The Bertz CT molecular complexity index is 700. The van der Waals surface area contributed by atoms with Gasteiger partial charge in [-0.1, -0.05) is 23.4 Å². The molecule has 0 saturated carbocycles. The monoisotopic (exact) mass is 238 g/mol. The number of anilines is 1. The minimum atomic E-state index is 0.904. The second kappa shape index (κ2) is 4.14. The molecule has 0 bridgehead atoms. The van der Waals surface area contributed by atoms with E-state index in [1.54, 1.807) is 0 Å². The standard InChI is InChI=1S/C14H14N4/c1-10-7-8-11(15-2)14(9-10)18-13-6-4-3-5-12(13)16-17-18/h3-9,15H,1-2H3. The Morgan fingerprint density at radius 3 is 2.78 bits per heavy atom. The second-order valence-electron chi connectivity index (χ2n) is 4.26. The zero-order valence-corrected chi connectivity index (χ0v) is 10.4. The lowest BCUT2D eigenvalue weighted by molar-refractivity contribution is 0.824. The lowest BCUT2D eigenvalue weighted by Crippen LogP contribution is -2.02. The molecule has 0 amide bonds. The van der Waals surface area contributed by atoms with Crippen molar-refractivity contribution in [1.29, 1.82) is 0 Å². The van der Waals surface area contributed by atoms with Gasteiger partial charge in [0.15, 0.2) is 0 Å². The summed E-state index contributed by atoms with van der Waals surface area (Å²) in [6.45, 7) is 2.07. The molecular weight excluding hydrogens is 224 g/mol. The van der Waals surface area contributed by atoms with Crippen LogP contribution in [0.1, 0.15) is 5.56 Å². The van der Waals surface area contributed by atoms with E-state index in [9.17, 15) is 0 Å². The number of benzene rings is 2. The Hall–Kier alpha value is -2.36. The summed E-state index contributed by atoms with van der Waals surface area (Å²) in [5, 5.41) is 11.6. The average Bonchev–Trinajstić information content (AvgIpc) is 2.82. The summed E-state index contributed by atoms with van der Waals surface area (Å²) in [4.78, 5) is 0. The van der Waals surface area contributed by atoms with Gasteiger partial charge in [0.05, 0.1) is 16.9 Å². The third-order valence-corrected chi connectivity index (χ3v) is 3.00. The van der Waals surface area contributed by atoms with E-state index >= 15 is 0 Å². The highest BCUT2D eigenvalue weighted by Gasteiger charge is 2.09. The van der Waals surface area contributed by atoms with Crippen LogP contribution in [0.5, 0.6) is 0 Å². The molecule has 0 spiro atoms. The molecule has 3 aromatic rings. The van der Waals surface area contributed by atoms with Crippen LogP contribution < -0.4 is 5.32 Å². The van der Waals surface area contributed by atoms with Crippen molar-refractivity contribution < 1.29 is 0 Å². The van der Waals surface area contributed by atoms with Crippen LogP contribution in [0, 0.1) is 6.92 Å². The van der Waals surface area contributed by atoms with Gasteiger partial charge in [-0.3, -0.25) is 0 Å². The number of aryl methyl sites for hydroxylation is 1. The van der Waals surface area contributed by atoms with E-state index in [1.165, 1.54) is 5.56 Å². The van der Waals surface area contributed by atoms with Gasteiger partial charge in [-0.25, -0.2) is 4.68 Å². The summed E-state index contributed by atoms with van der Waals surface area (Å²) in [5.41, 5.74) is 5.17. The first-order chi connectivity index (χ1) is 8.79. The number of fused-ring (bicyclic) bond motifs is 1. The predicted octanol–water partition coefficient (Wildman–Crippen LogP) is 2.77. The Labute approximate surface area is 105 Å². The fourth-order valence-corrected chi connectivity index (χ4v) is 2.08. The van der Waals surface area contributed by atoms with Crippen molar-refractivity contribution in [2.45, 2.75) is 6.92 Å². The summed E-state index contributed by atoms with van der Waals surface area (Å²) < 4.78 is 1.87. The smallest absolute Gasteiger partial charge is 0.113 e. The normalized spacial score (nSPS) is 10.8. The Morgan fingerprint density at radius 1 is 1.11 bits per heavy atom. The van der Waals surface area contributed by atoms with Crippen molar-refractivity contribution in [1.82, 2.24) is 15.0 Å². The Balaban J connectivity index is 2.29. The zero-order chi connectivity index (χ0) is 12.5. The van der Waals surface area contributed by atoms with Gasteiger partial charge in [-0.15, -0.1) is 5.10 Å². The number of nitrogens with one attached hydrogen (secondary N) is 1. The van der Waals surface area contributed by atoms with Crippen LogP contribution >= 0.6 is 0 Å². The molecule has 90 valence electrons. The molecule has 3 rings (SSSR count). The van der Waals surface area contributed by atoms with Crippen molar-refractivity contribution in [2.24, 2.45) is 0 Å². The van der Waals surface area contributed by atoms with E-state index in [2.05, 4.69) is 40.8 Å². The summed E-state index contributed by atoms with van der Waals surface area (Å²) in [6, 6.07) is 14.2. The van der Waals surface area contributed by atoms with E-state index in [-0.39, 0.29) is 0 Å². The van der Waals surface area contributed by atoms with Crippen molar-refractivity contribution in [3.63, 3.8) is 0 Å². The van der Waals surface area contributed by atoms with Crippen molar-refractivity contribution >= 4 is 16.7 Å². The topological polar surface area (TPSA) is 42.7 Å². The zero-order valence-electron chi connectivity index (χ0n) is 10.4. The number of nitrogens with zero attached hydrogens (tertiary/aromatic N) is 3. The Morgan fingerprint density at radius 2 is 1.94 bits per heavy atom. The maximum absolute atomic E-state index is 4.24. The molecule has 0 aliphatic heterocycles. The van der Waals surface area contributed by atoms with Crippen LogP contribution in [0.25, 0.3) is 16.7 Å². The second-order valence-corrected chi connectivity index (χ2v) is 4.26. The number of aromatic nitrogens is 3. The molecule has 0 aliphatic rings. The summed E-state index contributed by atoms with van der Waals surface area (Å²) in [6.07, 6.45) is 0. The minimum absolute atomic E-state index is 0.904. The molecule has 1 heterocycles. The van der Waals surface area contributed by atoms with E-state index in [1.807, 2.05) is 36.0 Å². The SMILES string of the molecule is CNc1ccc(C)cc1-n1nnc2ccccc21. The number of hydrogen-bond donors (Lipinski definition) is 1. The molecule has 0 unspecified atom stereocenters.